The number of benzene rings is 1. The molecule has 0 aromatic heterocycles. The van der Waals surface area contributed by atoms with Gasteiger partial charge in [-0.05, 0) is 24.1 Å². The number of carbonyl (C=O) groups is 2. The van der Waals surface area contributed by atoms with Crippen LogP contribution in [0.15, 0.2) is 24.3 Å². The number of nitrogens with zero attached hydrogens (tertiary/aromatic N) is 3. The molecule has 0 radical (unpaired) electrons. The number of hydrogen-bond donors (Lipinski definition) is 0. The van der Waals surface area contributed by atoms with Gasteiger partial charge in [-0.3, -0.25) is 14.5 Å². The van der Waals surface area contributed by atoms with E-state index in [-0.39, 0.29) is 12.5 Å². The van der Waals surface area contributed by atoms with Gasteiger partial charge in [-0.1, -0.05) is 19.1 Å². The summed E-state index contributed by atoms with van der Waals surface area (Å²) in [5, 5.41) is 0. The quantitative estimate of drug-likeness (QED) is 0.796. The van der Waals surface area contributed by atoms with Crippen molar-refractivity contribution in [1.29, 1.82) is 0 Å². The molecule has 1 aliphatic rings. The highest BCUT2D eigenvalue weighted by molar-refractivity contribution is 5.94. The van der Waals surface area contributed by atoms with E-state index in [1.807, 2.05) is 31.2 Å². The molecule has 1 aromatic rings. The Kier molecular flexibility index (Phi) is 6.63. The van der Waals surface area contributed by atoms with Crippen LogP contribution in [0.4, 0.5) is 13.2 Å². The highest BCUT2D eigenvalue weighted by Gasteiger charge is 2.32. The van der Waals surface area contributed by atoms with E-state index in [4.69, 9.17) is 0 Å². The van der Waals surface area contributed by atoms with Crippen molar-refractivity contribution in [2.75, 3.05) is 46.3 Å². The molecular formula is C18H24F3N3O2. The van der Waals surface area contributed by atoms with Crippen molar-refractivity contribution in [2.45, 2.75) is 19.5 Å². The van der Waals surface area contributed by atoms with Crippen molar-refractivity contribution in [3.05, 3.63) is 35.4 Å². The summed E-state index contributed by atoms with van der Waals surface area (Å²) in [6.07, 6.45) is -3.49. The molecule has 0 N–H and O–H groups in total. The molecule has 5 nitrogen and oxygen atoms in total. The molecule has 144 valence electrons. The number of hydrogen-bond acceptors (Lipinski definition) is 3. The summed E-state index contributed by atoms with van der Waals surface area (Å²) < 4.78 is 37.0. The Hall–Kier alpha value is -2.09. The monoisotopic (exact) mass is 371 g/mol. The van der Waals surface area contributed by atoms with E-state index in [2.05, 4.69) is 0 Å². The van der Waals surface area contributed by atoms with Gasteiger partial charge in [0.1, 0.15) is 6.54 Å². The fourth-order valence-corrected chi connectivity index (χ4v) is 2.84. The van der Waals surface area contributed by atoms with Crippen LogP contribution in [0.5, 0.6) is 0 Å². The summed E-state index contributed by atoms with van der Waals surface area (Å²) in [7, 11) is 1.15. The first-order valence-electron chi connectivity index (χ1n) is 8.61. The van der Waals surface area contributed by atoms with Crippen LogP contribution in [0.2, 0.25) is 0 Å². The summed E-state index contributed by atoms with van der Waals surface area (Å²) in [5.41, 5.74) is 1.78. The Labute approximate surface area is 151 Å². The fraction of sp³-hybridized carbons (Fsp3) is 0.556. The number of alkyl halides is 3. The van der Waals surface area contributed by atoms with E-state index in [9.17, 15) is 22.8 Å². The van der Waals surface area contributed by atoms with Gasteiger partial charge in [0.05, 0.1) is 6.54 Å². The van der Waals surface area contributed by atoms with Gasteiger partial charge >= 0.3 is 6.18 Å². The molecule has 0 saturated carbocycles. The van der Waals surface area contributed by atoms with E-state index in [1.165, 1.54) is 0 Å². The Morgan fingerprint density at radius 1 is 1.08 bits per heavy atom. The van der Waals surface area contributed by atoms with Crippen LogP contribution in [0, 0.1) is 0 Å². The maximum atomic E-state index is 12.5. The van der Waals surface area contributed by atoms with Crippen molar-refractivity contribution in [3.8, 4) is 0 Å². The molecule has 0 unspecified atom stereocenters. The highest BCUT2D eigenvalue weighted by Crippen LogP contribution is 2.16. The molecular weight excluding hydrogens is 347 g/mol. The lowest BCUT2D eigenvalue weighted by molar-refractivity contribution is -0.159. The Balaban J connectivity index is 1.82. The van der Waals surface area contributed by atoms with E-state index < -0.39 is 18.6 Å². The molecule has 0 aliphatic carbocycles. The van der Waals surface area contributed by atoms with Crippen LogP contribution >= 0.6 is 0 Å². The van der Waals surface area contributed by atoms with Crippen LogP contribution in [0.1, 0.15) is 22.8 Å². The molecule has 1 aliphatic heterocycles. The van der Waals surface area contributed by atoms with Gasteiger partial charge in [0.15, 0.2) is 0 Å². The number of amides is 2. The number of halogens is 3. The summed E-state index contributed by atoms with van der Waals surface area (Å²) in [5.74, 6) is -0.634. The molecule has 1 aromatic carbocycles. The smallest absolute Gasteiger partial charge is 0.336 e. The summed E-state index contributed by atoms with van der Waals surface area (Å²) in [6.45, 7) is 2.55. The van der Waals surface area contributed by atoms with Crippen molar-refractivity contribution >= 4 is 11.8 Å². The zero-order chi connectivity index (χ0) is 19.3. The minimum atomic E-state index is -4.40. The molecule has 0 spiro atoms. The van der Waals surface area contributed by atoms with Gasteiger partial charge in [-0.15, -0.1) is 0 Å². The summed E-state index contributed by atoms with van der Waals surface area (Å²) >= 11 is 0. The SMILES string of the molecule is CCc1ccc(C(=O)N2CCN(CC(=O)N(C)CC(F)(F)F)CC2)cc1. The van der Waals surface area contributed by atoms with Gasteiger partial charge in [-0.2, -0.15) is 13.2 Å². The molecule has 0 atom stereocenters. The van der Waals surface area contributed by atoms with Crippen molar-refractivity contribution in [2.24, 2.45) is 0 Å². The number of piperazine rings is 1. The third-order valence-corrected chi connectivity index (χ3v) is 4.47. The Morgan fingerprint density at radius 2 is 1.65 bits per heavy atom. The molecule has 8 heteroatoms. The minimum absolute atomic E-state index is 0.0622. The van der Waals surface area contributed by atoms with Crippen LogP contribution in [0.3, 0.4) is 0 Å². The molecule has 26 heavy (non-hydrogen) atoms. The zero-order valence-electron chi connectivity index (χ0n) is 15.1. The molecule has 2 rings (SSSR count). The normalized spacial score (nSPS) is 15.8. The van der Waals surface area contributed by atoms with Crippen LogP contribution < -0.4 is 0 Å². The maximum Gasteiger partial charge on any atom is 0.406 e. The largest absolute Gasteiger partial charge is 0.406 e. The van der Waals surface area contributed by atoms with Gasteiger partial charge < -0.3 is 9.80 Å². The van der Waals surface area contributed by atoms with E-state index in [0.29, 0.717) is 36.6 Å². The Bertz CT molecular complexity index is 624. The topological polar surface area (TPSA) is 43.9 Å². The van der Waals surface area contributed by atoms with E-state index in [0.717, 1.165) is 19.0 Å². The third-order valence-electron chi connectivity index (χ3n) is 4.47. The standard InChI is InChI=1S/C18H24F3N3O2/c1-3-14-4-6-15(7-5-14)17(26)24-10-8-23(9-11-24)12-16(25)22(2)13-18(19,20)21/h4-7H,3,8-13H2,1-2H3. The summed E-state index contributed by atoms with van der Waals surface area (Å²) in [4.78, 5) is 28.6. The average molecular weight is 371 g/mol. The number of carbonyl (C=O) groups excluding carboxylic acids is 2. The third kappa shape index (κ3) is 5.72. The van der Waals surface area contributed by atoms with Gasteiger partial charge in [0, 0.05) is 38.8 Å². The lowest BCUT2D eigenvalue weighted by Crippen LogP contribution is -2.51. The van der Waals surface area contributed by atoms with Crippen LogP contribution in [0.25, 0.3) is 0 Å². The van der Waals surface area contributed by atoms with Crippen LogP contribution in [-0.4, -0.2) is 79.0 Å². The minimum Gasteiger partial charge on any atom is -0.336 e. The molecule has 0 bridgehead atoms. The van der Waals surface area contributed by atoms with Crippen molar-refractivity contribution in [3.63, 3.8) is 0 Å². The first kappa shape index (κ1) is 20.2. The maximum absolute atomic E-state index is 12.5. The zero-order valence-corrected chi connectivity index (χ0v) is 15.1. The molecule has 1 fully saturated rings. The second kappa shape index (κ2) is 8.53. The first-order valence-corrected chi connectivity index (χ1v) is 8.61. The fourth-order valence-electron chi connectivity index (χ4n) is 2.84. The summed E-state index contributed by atoms with van der Waals surface area (Å²) in [6, 6.07) is 7.48. The number of rotatable bonds is 5. The van der Waals surface area contributed by atoms with Gasteiger partial charge in [-0.25, -0.2) is 0 Å². The second-order valence-electron chi connectivity index (χ2n) is 6.48. The molecule has 1 saturated heterocycles. The van der Waals surface area contributed by atoms with Crippen molar-refractivity contribution < 1.29 is 22.8 Å². The predicted octanol–water partition coefficient (Wildman–Crippen LogP) is 2.03. The first-order chi connectivity index (χ1) is 12.2. The van der Waals surface area contributed by atoms with Gasteiger partial charge in [0.25, 0.3) is 5.91 Å². The average Bonchev–Trinajstić information content (AvgIpc) is 2.60. The lowest BCUT2D eigenvalue weighted by Gasteiger charge is -2.35. The predicted molar refractivity (Wildman–Crippen MR) is 91.9 cm³/mol. The Morgan fingerprint density at radius 3 is 2.15 bits per heavy atom. The van der Waals surface area contributed by atoms with E-state index >= 15 is 0 Å². The highest BCUT2D eigenvalue weighted by atomic mass is 19.4. The number of likely N-dealkylation sites (N-methyl/N-ethyl adjacent to an activating group) is 1. The van der Waals surface area contributed by atoms with Crippen molar-refractivity contribution in [1.82, 2.24) is 14.7 Å². The van der Waals surface area contributed by atoms with E-state index in [1.54, 1.807) is 9.80 Å². The lowest BCUT2D eigenvalue weighted by atomic mass is 10.1. The number of aryl methyl sites for hydroxylation is 1. The molecule has 1 heterocycles. The second-order valence-corrected chi connectivity index (χ2v) is 6.48. The van der Waals surface area contributed by atoms with Crippen LogP contribution in [-0.2, 0) is 11.2 Å². The molecule has 2 amide bonds. The van der Waals surface area contributed by atoms with Gasteiger partial charge in [0.2, 0.25) is 5.91 Å².